The predicted octanol–water partition coefficient (Wildman–Crippen LogP) is 0.816. The fourth-order valence-corrected chi connectivity index (χ4v) is 4.03. The van der Waals surface area contributed by atoms with E-state index in [0.717, 1.165) is 65.1 Å². The van der Waals surface area contributed by atoms with Gasteiger partial charge in [0.2, 0.25) is 11.8 Å². The number of nitrogens with zero attached hydrogens (tertiary/aromatic N) is 3. The van der Waals surface area contributed by atoms with E-state index < -0.39 is 0 Å². The quantitative estimate of drug-likeness (QED) is 0.762. The molecule has 0 aromatic heterocycles. The molecule has 0 aromatic rings. The van der Waals surface area contributed by atoms with Crippen LogP contribution in [0.3, 0.4) is 0 Å². The number of piperidine rings is 1. The summed E-state index contributed by atoms with van der Waals surface area (Å²) >= 11 is 0. The summed E-state index contributed by atoms with van der Waals surface area (Å²) in [6.07, 6.45) is 3.43. The Kier molecular flexibility index (Phi) is 6.11. The summed E-state index contributed by atoms with van der Waals surface area (Å²) in [6.45, 7) is 9.88. The Morgan fingerprint density at radius 2 is 1.67 bits per heavy atom. The van der Waals surface area contributed by atoms with Crippen LogP contribution in [-0.2, 0) is 14.3 Å². The van der Waals surface area contributed by atoms with Gasteiger partial charge in [-0.1, -0.05) is 6.92 Å². The Bertz CT molecular complexity index is 435. The van der Waals surface area contributed by atoms with E-state index in [-0.39, 0.29) is 11.8 Å². The van der Waals surface area contributed by atoms with Gasteiger partial charge in [0.1, 0.15) is 0 Å². The maximum absolute atomic E-state index is 12.5. The fraction of sp³-hybridized carbons (Fsp3) is 0.889. The lowest BCUT2D eigenvalue weighted by Gasteiger charge is -2.36. The standard InChI is InChI=1S/C18H31N3O3/c1-2-19-8-10-20(11-9-19)17(22)13-15-3-6-21(7-4-15)18(23)16-5-12-24-14-16/h15-16H,2-14H2,1H3/t16-/m1/s1. The number of hydrogen-bond donors (Lipinski definition) is 0. The molecule has 0 saturated carbocycles. The van der Waals surface area contributed by atoms with Crippen molar-refractivity contribution in [3.05, 3.63) is 0 Å². The van der Waals surface area contributed by atoms with Gasteiger partial charge in [-0.25, -0.2) is 0 Å². The summed E-state index contributed by atoms with van der Waals surface area (Å²) < 4.78 is 5.32. The smallest absolute Gasteiger partial charge is 0.228 e. The molecule has 0 unspecified atom stereocenters. The van der Waals surface area contributed by atoms with Crippen molar-refractivity contribution in [3.8, 4) is 0 Å². The fourth-order valence-electron chi connectivity index (χ4n) is 4.03. The first-order chi connectivity index (χ1) is 11.7. The van der Waals surface area contributed by atoms with E-state index >= 15 is 0 Å². The van der Waals surface area contributed by atoms with Crippen LogP contribution in [0.2, 0.25) is 0 Å². The van der Waals surface area contributed by atoms with E-state index in [4.69, 9.17) is 4.74 Å². The van der Waals surface area contributed by atoms with E-state index in [1.165, 1.54) is 0 Å². The van der Waals surface area contributed by atoms with Crippen LogP contribution in [-0.4, -0.2) is 85.5 Å². The molecule has 24 heavy (non-hydrogen) atoms. The molecule has 2 amide bonds. The lowest BCUT2D eigenvalue weighted by Crippen LogP contribution is -2.49. The molecule has 3 heterocycles. The zero-order chi connectivity index (χ0) is 16.9. The molecule has 3 rings (SSSR count). The van der Waals surface area contributed by atoms with Gasteiger partial charge >= 0.3 is 0 Å². The third kappa shape index (κ3) is 4.28. The Labute approximate surface area is 145 Å². The van der Waals surface area contributed by atoms with Crippen molar-refractivity contribution in [2.75, 3.05) is 59.0 Å². The molecule has 0 spiro atoms. The van der Waals surface area contributed by atoms with Gasteiger partial charge in [0, 0.05) is 52.3 Å². The van der Waals surface area contributed by atoms with Crippen molar-refractivity contribution in [1.29, 1.82) is 0 Å². The molecule has 3 aliphatic heterocycles. The topological polar surface area (TPSA) is 53.1 Å². The van der Waals surface area contributed by atoms with Gasteiger partial charge in [-0.3, -0.25) is 9.59 Å². The summed E-state index contributed by atoms with van der Waals surface area (Å²) in [5.74, 6) is 1.07. The molecule has 3 fully saturated rings. The number of piperazine rings is 1. The van der Waals surface area contributed by atoms with Crippen LogP contribution in [0.4, 0.5) is 0 Å². The number of ether oxygens (including phenoxy) is 1. The number of likely N-dealkylation sites (N-methyl/N-ethyl adjacent to an activating group) is 1. The highest BCUT2D eigenvalue weighted by Crippen LogP contribution is 2.24. The van der Waals surface area contributed by atoms with E-state index in [1.807, 2.05) is 9.80 Å². The molecule has 136 valence electrons. The summed E-state index contributed by atoms with van der Waals surface area (Å²) in [5.41, 5.74) is 0. The zero-order valence-corrected chi connectivity index (χ0v) is 14.9. The molecule has 0 N–H and O–H groups in total. The average molecular weight is 337 g/mol. The van der Waals surface area contributed by atoms with Gasteiger partial charge in [-0.15, -0.1) is 0 Å². The molecule has 6 nitrogen and oxygen atoms in total. The molecular weight excluding hydrogens is 306 g/mol. The van der Waals surface area contributed by atoms with Crippen LogP contribution in [0, 0.1) is 11.8 Å². The van der Waals surface area contributed by atoms with E-state index in [9.17, 15) is 9.59 Å². The first-order valence-electron chi connectivity index (χ1n) is 9.54. The van der Waals surface area contributed by atoms with Gasteiger partial charge in [0.15, 0.2) is 0 Å². The number of carbonyl (C=O) groups is 2. The van der Waals surface area contributed by atoms with Crippen molar-refractivity contribution < 1.29 is 14.3 Å². The molecule has 0 bridgehead atoms. The Balaban J connectivity index is 1.39. The lowest BCUT2D eigenvalue weighted by atomic mass is 9.92. The van der Waals surface area contributed by atoms with Crippen molar-refractivity contribution in [2.24, 2.45) is 11.8 Å². The second kappa shape index (κ2) is 8.30. The number of amides is 2. The van der Waals surface area contributed by atoms with Gasteiger partial charge < -0.3 is 19.4 Å². The third-order valence-electron chi connectivity index (χ3n) is 5.84. The number of likely N-dealkylation sites (tertiary alicyclic amines) is 1. The summed E-state index contributed by atoms with van der Waals surface area (Å²) in [7, 11) is 0. The van der Waals surface area contributed by atoms with Crippen LogP contribution in [0.25, 0.3) is 0 Å². The molecule has 3 aliphatic rings. The highest BCUT2D eigenvalue weighted by Gasteiger charge is 2.31. The number of carbonyl (C=O) groups excluding carboxylic acids is 2. The summed E-state index contributed by atoms with van der Waals surface area (Å²) in [6, 6.07) is 0. The first-order valence-corrected chi connectivity index (χ1v) is 9.54. The van der Waals surface area contributed by atoms with Crippen molar-refractivity contribution in [3.63, 3.8) is 0 Å². The number of hydrogen-bond acceptors (Lipinski definition) is 4. The number of rotatable bonds is 4. The summed E-state index contributed by atoms with van der Waals surface area (Å²) in [5, 5.41) is 0. The monoisotopic (exact) mass is 337 g/mol. The van der Waals surface area contributed by atoms with Crippen molar-refractivity contribution in [1.82, 2.24) is 14.7 Å². The van der Waals surface area contributed by atoms with E-state index in [0.29, 0.717) is 31.5 Å². The van der Waals surface area contributed by atoms with Crippen LogP contribution < -0.4 is 0 Å². The second-order valence-electron chi connectivity index (χ2n) is 7.35. The van der Waals surface area contributed by atoms with Crippen LogP contribution >= 0.6 is 0 Å². The molecule has 6 heteroatoms. The molecule has 0 aliphatic carbocycles. The lowest BCUT2D eigenvalue weighted by molar-refractivity contribution is -0.137. The Hall–Kier alpha value is -1.14. The Morgan fingerprint density at radius 3 is 2.25 bits per heavy atom. The van der Waals surface area contributed by atoms with Gasteiger partial charge in [0.05, 0.1) is 12.5 Å². The third-order valence-corrected chi connectivity index (χ3v) is 5.84. The Morgan fingerprint density at radius 1 is 0.958 bits per heavy atom. The highest BCUT2D eigenvalue weighted by atomic mass is 16.5. The van der Waals surface area contributed by atoms with Crippen LogP contribution in [0.15, 0.2) is 0 Å². The predicted molar refractivity (Wildman–Crippen MR) is 91.5 cm³/mol. The highest BCUT2D eigenvalue weighted by molar-refractivity contribution is 5.79. The second-order valence-corrected chi connectivity index (χ2v) is 7.35. The molecular formula is C18H31N3O3. The van der Waals surface area contributed by atoms with Gasteiger partial charge in [-0.05, 0) is 31.7 Å². The van der Waals surface area contributed by atoms with Crippen molar-refractivity contribution in [2.45, 2.75) is 32.6 Å². The maximum Gasteiger partial charge on any atom is 0.228 e. The SMILES string of the molecule is CCN1CCN(C(=O)CC2CCN(C(=O)[C@@H]3CCOC3)CC2)CC1. The first kappa shape index (κ1) is 17.7. The molecule has 3 saturated heterocycles. The largest absolute Gasteiger partial charge is 0.381 e. The zero-order valence-electron chi connectivity index (χ0n) is 14.9. The van der Waals surface area contributed by atoms with Crippen LogP contribution in [0.1, 0.15) is 32.6 Å². The van der Waals surface area contributed by atoms with E-state index in [2.05, 4.69) is 11.8 Å². The average Bonchev–Trinajstić information content (AvgIpc) is 3.16. The molecule has 1 atom stereocenters. The minimum Gasteiger partial charge on any atom is -0.381 e. The minimum absolute atomic E-state index is 0.0676. The molecule has 0 aromatic carbocycles. The molecule has 0 radical (unpaired) electrons. The van der Waals surface area contributed by atoms with Gasteiger partial charge in [0.25, 0.3) is 0 Å². The van der Waals surface area contributed by atoms with Crippen molar-refractivity contribution >= 4 is 11.8 Å². The minimum atomic E-state index is 0.0676. The van der Waals surface area contributed by atoms with Crippen LogP contribution in [0.5, 0.6) is 0 Å². The maximum atomic E-state index is 12.5. The van der Waals surface area contributed by atoms with Gasteiger partial charge in [-0.2, -0.15) is 0 Å². The normalized spacial score (nSPS) is 26.8. The summed E-state index contributed by atoms with van der Waals surface area (Å²) in [4.78, 5) is 31.3. The van der Waals surface area contributed by atoms with E-state index in [1.54, 1.807) is 0 Å².